The Balaban J connectivity index is 1.39. The summed E-state index contributed by atoms with van der Waals surface area (Å²) in [6.45, 7) is 8.15. The fourth-order valence-electron chi connectivity index (χ4n) is 4.49. The van der Waals surface area contributed by atoms with Crippen LogP contribution in [0.2, 0.25) is 0 Å². The normalized spacial score (nSPS) is 16.7. The summed E-state index contributed by atoms with van der Waals surface area (Å²) in [5.74, 6) is 0.924. The highest BCUT2D eigenvalue weighted by Gasteiger charge is 2.44. The van der Waals surface area contributed by atoms with Crippen molar-refractivity contribution in [2.75, 3.05) is 7.11 Å². The topological polar surface area (TPSA) is 87.4 Å². The van der Waals surface area contributed by atoms with Crippen LogP contribution in [-0.2, 0) is 16.0 Å². The van der Waals surface area contributed by atoms with E-state index < -0.39 is 6.43 Å². The molecule has 1 N–H and O–H groups in total. The number of halogens is 2. The van der Waals surface area contributed by atoms with Crippen molar-refractivity contribution < 1.29 is 18.3 Å². The lowest BCUT2D eigenvalue weighted by Gasteiger charge is -2.19. The summed E-state index contributed by atoms with van der Waals surface area (Å²) in [5.41, 5.74) is 7.04. The number of aryl methyl sites for hydroxylation is 1. The molecule has 0 saturated heterocycles. The molecule has 0 spiro atoms. The monoisotopic (exact) mass is 562 g/mol. The van der Waals surface area contributed by atoms with Crippen LogP contribution in [0.3, 0.4) is 0 Å². The van der Waals surface area contributed by atoms with E-state index in [1.54, 1.807) is 32.4 Å². The van der Waals surface area contributed by atoms with Crippen molar-refractivity contribution in [2.24, 2.45) is 11.0 Å². The maximum Gasteiger partial charge on any atom is 0.280 e. The molecule has 2 aromatic carbocycles. The summed E-state index contributed by atoms with van der Waals surface area (Å²) >= 11 is 1.19. The van der Waals surface area contributed by atoms with Gasteiger partial charge in [-0.05, 0) is 71.2 Å². The van der Waals surface area contributed by atoms with E-state index in [1.807, 2.05) is 6.07 Å². The van der Waals surface area contributed by atoms with Gasteiger partial charge in [0.1, 0.15) is 22.5 Å². The Bertz CT molecular complexity index is 1460. The van der Waals surface area contributed by atoms with Gasteiger partial charge in [-0.2, -0.15) is 10.4 Å². The first-order valence-corrected chi connectivity index (χ1v) is 13.9. The maximum absolute atomic E-state index is 13.3. The highest BCUT2D eigenvalue weighted by Crippen LogP contribution is 2.47. The number of alkyl halides is 2. The molecule has 1 saturated carbocycles. The molecule has 208 valence electrons. The maximum atomic E-state index is 13.3. The average Bonchev–Trinajstić information content (AvgIpc) is 3.72. The second-order valence-electron chi connectivity index (χ2n) is 10.9. The van der Waals surface area contributed by atoms with Crippen molar-refractivity contribution in [3.63, 3.8) is 0 Å². The second-order valence-corrected chi connectivity index (χ2v) is 11.8. The first-order chi connectivity index (χ1) is 19.0. The number of pyridine rings is 1. The molecule has 1 aromatic heterocycles. The molecule has 4 rings (SSSR count). The number of nitriles is 1. The van der Waals surface area contributed by atoms with Crippen LogP contribution < -0.4 is 10.2 Å². The van der Waals surface area contributed by atoms with E-state index in [0.29, 0.717) is 17.1 Å². The van der Waals surface area contributed by atoms with E-state index in [4.69, 9.17) is 4.74 Å². The van der Waals surface area contributed by atoms with Crippen molar-refractivity contribution >= 4 is 23.9 Å². The van der Waals surface area contributed by atoms with E-state index >= 15 is 0 Å². The van der Waals surface area contributed by atoms with Crippen LogP contribution in [0, 0.1) is 24.2 Å². The van der Waals surface area contributed by atoms with Crippen molar-refractivity contribution in [1.29, 1.82) is 5.26 Å². The molecule has 0 radical (unpaired) electrons. The molecule has 1 aliphatic rings. The summed E-state index contributed by atoms with van der Waals surface area (Å²) in [7, 11) is 1.54. The van der Waals surface area contributed by atoms with Crippen LogP contribution in [0.5, 0.6) is 5.75 Å². The van der Waals surface area contributed by atoms with Gasteiger partial charge in [0.15, 0.2) is 0 Å². The van der Waals surface area contributed by atoms with Gasteiger partial charge in [-0.3, -0.25) is 4.79 Å². The molecule has 1 fully saturated rings. The number of benzene rings is 2. The molecule has 1 heterocycles. The number of hydrazone groups is 1. The number of carbonyl (C=O) groups is 1. The third kappa shape index (κ3) is 6.86. The Hall–Kier alpha value is -3.77. The van der Waals surface area contributed by atoms with Crippen LogP contribution in [0.15, 0.2) is 58.7 Å². The molecular formula is C31H32F2N4O2S. The predicted octanol–water partition coefficient (Wildman–Crippen LogP) is 7.05. The average molecular weight is 563 g/mol. The van der Waals surface area contributed by atoms with Crippen molar-refractivity contribution in [2.45, 2.75) is 62.7 Å². The molecule has 9 heteroatoms. The van der Waals surface area contributed by atoms with Crippen LogP contribution >= 0.6 is 11.8 Å². The zero-order valence-corrected chi connectivity index (χ0v) is 24.0. The lowest BCUT2D eigenvalue weighted by molar-refractivity contribution is -0.122. The summed E-state index contributed by atoms with van der Waals surface area (Å²) in [5, 5.41) is 13.9. The molecule has 3 aromatic rings. The molecule has 6 nitrogen and oxygen atoms in total. The minimum Gasteiger partial charge on any atom is -0.496 e. The Morgan fingerprint density at radius 2 is 1.98 bits per heavy atom. The van der Waals surface area contributed by atoms with Crippen molar-refractivity contribution in [3.8, 4) is 11.8 Å². The number of aromatic nitrogens is 1. The minimum atomic E-state index is -2.73. The standard InChI is InChI=1S/C31H32F2N4O2S/c1-18-12-26(28(32)33)36-30(25(18)15-34)40-17-21-13-19(6-11-27(21)39-5)16-35-37-29(38)24-14-23(24)20-7-9-22(10-8-20)31(2,3)4/h6-13,16,23-24,28H,14,17H2,1-5H3,(H,37,38). The van der Waals surface area contributed by atoms with Gasteiger partial charge in [0.05, 0.1) is 18.9 Å². The van der Waals surface area contributed by atoms with Gasteiger partial charge in [-0.1, -0.05) is 45.0 Å². The number of nitrogens with zero attached hydrogens (tertiary/aromatic N) is 3. The summed E-state index contributed by atoms with van der Waals surface area (Å²) in [4.78, 5) is 16.7. The van der Waals surface area contributed by atoms with Crippen LogP contribution in [-0.4, -0.2) is 24.2 Å². The summed E-state index contributed by atoms with van der Waals surface area (Å²) in [6, 6.07) is 17.2. The molecule has 0 bridgehead atoms. The number of thioether (sulfide) groups is 1. The fraction of sp³-hybridized carbons (Fsp3) is 0.355. The van der Waals surface area contributed by atoms with Gasteiger partial charge in [0.2, 0.25) is 5.91 Å². The van der Waals surface area contributed by atoms with Crippen LogP contribution in [0.1, 0.15) is 78.6 Å². The number of amides is 1. The third-order valence-corrected chi connectivity index (χ3v) is 7.95. The highest BCUT2D eigenvalue weighted by atomic mass is 32.2. The fourth-order valence-corrected chi connectivity index (χ4v) is 5.53. The molecule has 40 heavy (non-hydrogen) atoms. The van der Waals surface area contributed by atoms with Crippen molar-refractivity contribution in [3.05, 3.63) is 87.6 Å². The molecular weight excluding hydrogens is 530 g/mol. The smallest absolute Gasteiger partial charge is 0.280 e. The van der Waals surface area contributed by atoms with Crippen LogP contribution in [0.4, 0.5) is 8.78 Å². The van der Waals surface area contributed by atoms with E-state index in [9.17, 15) is 18.8 Å². The number of ether oxygens (including phenoxy) is 1. The van der Waals surface area contributed by atoms with Gasteiger partial charge >= 0.3 is 0 Å². The zero-order chi connectivity index (χ0) is 29.0. The summed E-state index contributed by atoms with van der Waals surface area (Å²) in [6.07, 6.45) is -0.373. The first-order valence-electron chi connectivity index (χ1n) is 12.9. The van der Waals surface area contributed by atoms with E-state index in [1.165, 1.54) is 23.4 Å². The second kappa shape index (κ2) is 12.2. The molecule has 2 atom stereocenters. The van der Waals surface area contributed by atoms with E-state index in [2.05, 4.69) is 66.6 Å². The number of hydrogen-bond acceptors (Lipinski definition) is 6. The van der Waals surface area contributed by atoms with Gasteiger partial charge < -0.3 is 4.74 Å². The predicted molar refractivity (Wildman–Crippen MR) is 153 cm³/mol. The Kier molecular flexibility index (Phi) is 8.89. The van der Waals surface area contributed by atoms with Gasteiger partial charge in [0, 0.05) is 17.2 Å². The Labute approximate surface area is 237 Å². The Morgan fingerprint density at radius 1 is 1.25 bits per heavy atom. The van der Waals surface area contributed by atoms with E-state index in [0.717, 1.165) is 23.1 Å². The van der Waals surface area contributed by atoms with Gasteiger partial charge in [-0.25, -0.2) is 19.2 Å². The lowest BCUT2D eigenvalue weighted by Crippen LogP contribution is -2.20. The quantitative estimate of drug-likeness (QED) is 0.172. The van der Waals surface area contributed by atoms with E-state index in [-0.39, 0.29) is 39.4 Å². The minimum absolute atomic E-state index is 0.0858. The molecule has 0 aliphatic heterocycles. The number of hydrogen-bond donors (Lipinski definition) is 1. The molecule has 1 aliphatic carbocycles. The van der Waals surface area contributed by atoms with Gasteiger partial charge in [-0.15, -0.1) is 11.8 Å². The number of rotatable bonds is 9. The largest absolute Gasteiger partial charge is 0.496 e. The van der Waals surface area contributed by atoms with Gasteiger partial charge in [0.25, 0.3) is 6.43 Å². The first kappa shape index (κ1) is 29.2. The highest BCUT2D eigenvalue weighted by molar-refractivity contribution is 7.98. The number of nitrogens with one attached hydrogen (secondary N) is 1. The third-order valence-electron chi connectivity index (χ3n) is 6.93. The molecule has 2 unspecified atom stereocenters. The molecule has 1 amide bonds. The zero-order valence-electron chi connectivity index (χ0n) is 23.2. The number of carbonyl (C=O) groups excluding carboxylic acids is 1. The SMILES string of the molecule is COc1ccc(C=NNC(=O)C2CC2c2ccc(C(C)(C)C)cc2)cc1CSc1nc(C(F)F)cc(C)c1C#N. The van der Waals surface area contributed by atoms with Crippen LogP contribution in [0.25, 0.3) is 0 Å². The van der Waals surface area contributed by atoms with Crippen molar-refractivity contribution in [1.82, 2.24) is 10.4 Å². The number of methoxy groups -OCH3 is 1. The lowest BCUT2D eigenvalue weighted by atomic mass is 9.86. The Morgan fingerprint density at radius 3 is 2.60 bits per heavy atom. The summed E-state index contributed by atoms with van der Waals surface area (Å²) < 4.78 is 32.0.